The van der Waals surface area contributed by atoms with Crippen molar-refractivity contribution in [2.75, 3.05) is 0 Å². The largest absolute Gasteiger partial charge is 0.381 e. The molecule has 3 heteroatoms. The second-order valence-corrected chi connectivity index (χ2v) is 4.95. The highest BCUT2D eigenvalue weighted by atomic mass is 16.3. The quantitative estimate of drug-likeness (QED) is 0.797. The molecular weight excluding hydrogens is 262 g/mol. The second-order valence-electron chi connectivity index (χ2n) is 4.95. The Hall–Kier alpha value is -2.52. The van der Waals surface area contributed by atoms with Crippen LogP contribution >= 0.6 is 0 Å². The first-order valence-corrected chi connectivity index (χ1v) is 6.84. The number of aliphatic hydroxyl groups excluding tert-OH is 1. The van der Waals surface area contributed by atoms with E-state index >= 15 is 0 Å². The molecule has 2 aromatic carbocycles. The van der Waals surface area contributed by atoms with Gasteiger partial charge in [-0.05, 0) is 17.7 Å². The molecule has 0 aliphatic heterocycles. The van der Waals surface area contributed by atoms with Crippen LogP contribution in [0.3, 0.4) is 0 Å². The lowest BCUT2D eigenvalue weighted by molar-refractivity contribution is -0.126. The van der Waals surface area contributed by atoms with Crippen LogP contribution in [0.5, 0.6) is 0 Å². The van der Waals surface area contributed by atoms with Gasteiger partial charge in [-0.15, -0.1) is 0 Å². The molecule has 0 saturated carbocycles. The number of pyridine rings is 1. The van der Waals surface area contributed by atoms with E-state index < -0.39 is 6.10 Å². The topological polar surface area (TPSA) is 50.2 Å². The van der Waals surface area contributed by atoms with Crippen molar-refractivity contribution in [2.24, 2.45) is 0 Å². The lowest BCUT2D eigenvalue weighted by atomic mass is 10.0. The van der Waals surface area contributed by atoms with Gasteiger partial charge in [0, 0.05) is 11.1 Å². The van der Waals surface area contributed by atoms with Crippen molar-refractivity contribution in [3.05, 3.63) is 78.0 Å². The molecule has 1 aromatic heterocycles. The maximum Gasteiger partial charge on any atom is 0.171 e. The summed E-state index contributed by atoms with van der Waals surface area (Å²) in [5.74, 6) is -0.246. The van der Waals surface area contributed by atoms with Crippen LogP contribution in [-0.4, -0.2) is 15.9 Å². The summed E-state index contributed by atoms with van der Waals surface area (Å²) in [6.07, 6.45) is -0.972. The number of nitrogens with zero attached hydrogens (tertiary/aromatic N) is 1. The standard InChI is InChI=1S/C18H15NO2/c20-17(18(21)14-7-2-1-3-8-14)12-15-11-10-13-6-4-5-9-16(13)19-15/h1-11,18,21H,12H2. The minimum absolute atomic E-state index is 0.126. The van der Waals surface area contributed by atoms with Crippen molar-refractivity contribution < 1.29 is 9.90 Å². The van der Waals surface area contributed by atoms with E-state index in [2.05, 4.69) is 4.98 Å². The van der Waals surface area contributed by atoms with Crippen molar-refractivity contribution in [3.8, 4) is 0 Å². The van der Waals surface area contributed by atoms with Gasteiger partial charge in [0.1, 0.15) is 6.10 Å². The van der Waals surface area contributed by atoms with E-state index in [0.29, 0.717) is 11.3 Å². The molecule has 0 aliphatic carbocycles. The lowest BCUT2D eigenvalue weighted by Gasteiger charge is -2.09. The van der Waals surface area contributed by atoms with Crippen molar-refractivity contribution in [3.63, 3.8) is 0 Å². The van der Waals surface area contributed by atoms with Gasteiger partial charge in [0.25, 0.3) is 0 Å². The molecule has 3 aromatic rings. The maximum absolute atomic E-state index is 12.2. The molecule has 0 fully saturated rings. The Morgan fingerprint density at radius 3 is 2.48 bits per heavy atom. The first-order valence-electron chi connectivity index (χ1n) is 6.84. The molecule has 0 amide bonds. The molecule has 3 rings (SSSR count). The highest BCUT2D eigenvalue weighted by Crippen LogP contribution is 2.17. The zero-order valence-corrected chi connectivity index (χ0v) is 11.4. The summed E-state index contributed by atoms with van der Waals surface area (Å²) in [5.41, 5.74) is 2.15. The Bertz CT molecular complexity index is 768. The third kappa shape index (κ3) is 2.98. The predicted molar refractivity (Wildman–Crippen MR) is 81.9 cm³/mol. The van der Waals surface area contributed by atoms with E-state index in [0.717, 1.165) is 10.9 Å². The average molecular weight is 277 g/mol. The number of carbonyl (C=O) groups is 1. The van der Waals surface area contributed by atoms with Gasteiger partial charge in [-0.25, -0.2) is 0 Å². The summed E-state index contributed by atoms with van der Waals surface area (Å²) in [6.45, 7) is 0. The van der Waals surface area contributed by atoms with Gasteiger partial charge in [-0.1, -0.05) is 54.6 Å². The number of aromatic nitrogens is 1. The maximum atomic E-state index is 12.2. The number of para-hydroxylation sites is 1. The predicted octanol–water partition coefficient (Wildman–Crippen LogP) is 3.08. The highest BCUT2D eigenvalue weighted by molar-refractivity contribution is 5.86. The number of fused-ring (bicyclic) bond motifs is 1. The molecule has 0 radical (unpaired) electrons. The van der Waals surface area contributed by atoms with Gasteiger partial charge < -0.3 is 5.11 Å². The number of benzene rings is 2. The second kappa shape index (κ2) is 5.85. The number of hydrogen-bond acceptors (Lipinski definition) is 3. The van der Waals surface area contributed by atoms with Crippen molar-refractivity contribution in [1.82, 2.24) is 4.98 Å². The Labute approximate surface area is 122 Å². The van der Waals surface area contributed by atoms with E-state index in [9.17, 15) is 9.90 Å². The summed E-state index contributed by atoms with van der Waals surface area (Å²) < 4.78 is 0. The van der Waals surface area contributed by atoms with Crippen LogP contribution in [-0.2, 0) is 11.2 Å². The van der Waals surface area contributed by atoms with Crippen LogP contribution in [0.15, 0.2) is 66.7 Å². The minimum atomic E-state index is -1.10. The summed E-state index contributed by atoms with van der Waals surface area (Å²) >= 11 is 0. The number of rotatable bonds is 4. The normalized spacial score (nSPS) is 12.2. The zero-order valence-electron chi connectivity index (χ0n) is 11.4. The van der Waals surface area contributed by atoms with Gasteiger partial charge in [0.15, 0.2) is 5.78 Å². The van der Waals surface area contributed by atoms with Gasteiger partial charge in [-0.3, -0.25) is 9.78 Å². The molecule has 1 heterocycles. The number of ketones is 1. The molecule has 0 saturated heterocycles. The van der Waals surface area contributed by atoms with Crippen molar-refractivity contribution in [2.45, 2.75) is 12.5 Å². The third-order valence-electron chi connectivity index (χ3n) is 3.43. The summed E-state index contributed by atoms with van der Waals surface area (Å²) in [6, 6.07) is 20.5. The van der Waals surface area contributed by atoms with E-state index in [-0.39, 0.29) is 12.2 Å². The van der Waals surface area contributed by atoms with E-state index in [1.807, 2.05) is 42.5 Å². The molecule has 1 unspecified atom stereocenters. The zero-order chi connectivity index (χ0) is 14.7. The molecule has 0 aliphatic rings. The molecule has 0 bridgehead atoms. The molecule has 104 valence electrons. The van der Waals surface area contributed by atoms with E-state index in [4.69, 9.17) is 0 Å². The van der Waals surface area contributed by atoms with Crippen LogP contribution in [0.1, 0.15) is 17.4 Å². The first kappa shape index (κ1) is 13.5. The minimum Gasteiger partial charge on any atom is -0.381 e. The van der Waals surface area contributed by atoms with Gasteiger partial charge in [0.05, 0.1) is 11.9 Å². The summed E-state index contributed by atoms with van der Waals surface area (Å²) in [5, 5.41) is 11.1. The number of carbonyl (C=O) groups excluding carboxylic acids is 1. The van der Waals surface area contributed by atoms with Crippen LogP contribution in [0.2, 0.25) is 0 Å². The van der Waals surface area contributed by atoms with Crippen LogP contribution < -0.4 is 0 Å². The molecule has 1 atom stereocenters. The fourth-order valence-electron chi connectivity index (χ4n) is 2.30. The van der Waals surface area contributed by atoms with E-state index in [1.165, 1.54) is 0 Å². The number of hydrogen-bond donors (Lipinski definition) is 1. The SMILES string of the molecule is O=C(Cc1ccc2ccccc2n1)C(O)c1ccccc1. The van der Waals surface area contributed by atoms with Crippen LogP contribution in [0.4, 0.5) is 0 Å². The Morgan fingerprint density at radius 1 is 0.952 bits per heavy atom. The highest BCUT2D eigenvalue weighted by Gasteiger charge is 2.17. The molecular formula is C18H15NO2. The smallest absolute Gasteiger partial charge is 0.171 e. The fraction of sp³-hybridized carbons (Fsp3) is 0.111. The summed E-state index contributed by atoms with van der Waals surface area (Å²) in [4.78, 5) is 16.6. The van der Waals surface area contributed by atoms with Gasteiger partial charge >= 0.3 is 0 Å². The summed E-state index contributed by atoms with van der Waals surface area (Å²) in [7, 11) is 0. The van der Waals surface area contributed by atoms with Crippen LogP contribution in [0.25, 0.3) is 10.9 Å². The first-order chi connectivity index (χ1) is 10.2. The Kier molecular flexibility index (Phi) is 3.75. The Balaban J connectivity index is 1.80. The Morgan fingerprint density at radius 2 is 1.67 bits per heavy atom. The lowest BCUT2D eigenvalue weighted by Crippen LogP contribution is -2.15. The molecule has 1 N–H and O–H groups in total. The third-order valence-corrected chi connectivity index (χ3v) is 3.43. The van der Waals surface area contributed by atoms with Crippen molar-refractivity contribution >= 4 is 16.7 Å². The van der Waals surface area contributed by atoms with Crippen molar-refractivity contribution in [1.29, 1.82) is 0 Å². The fourth-order valence-corrected chi connectivity index (χ4v) is 2.30. The van der Waals surface area contributed by atoms with Crippen LogP contribution in [0, 0.1) is 0 Å². The average Bonchev–Trinajstić information content (AvgIpc) is 2.55. The van der Waals surface area contributed by atoms with E-state index in [1.54, 1.807) is 24.3 Å². The molecule has 21 heavy (non-hydrogen) atoms. The number of aliphatic hydroxyl groups is 1. The van der Waals surface area contributed by atoms with Gasteiger partial charge in [0.2, 0.25) is 0 Å². The van der Waals surface area contributed by atoms with Gasteiger partial charge in [-0.2, -0.15) is 0 Å². The molecule has 3 nitrogen and oxygen atoms in total. The molecule has 0 spiro atoms. The monoisotopic (exact) mass is 277 g/mol. The number of Topliss-reactive ketones (excluding diaryl/α,β-unsaturated/α-hetero) is 1.